The lowest BCUT2D eigenvalue weighted by molar-refractivity contribution is 0.611. The predicted molar refractivity (Wildman–Crippen MR) is 63.7 cm³/mol. The summed E-state index contributed by atoms with van der Waals surface area (Å²) in [6.07, 6.45) is 1.74. The zero-order valence-corrected chi connectivity index (χ0v) is 10.5. The minimum absolute atomic E-state index is 0.00579. The Morgan fingerprint density at radius 1 is 1.40 bits per heavy atom. The van der Waals surface area contributed by atoms with E-state index in [-0.39, 0.29) is 10.8 Å². The summed E-state index contributed by atoms with van der Waals surface area (Å²) in [6, 6.07) is 5.74. The third-order valence-corrected chi connectivity index (χ3v) is 3.65. The van der Waals surface area contributed by atoms with Crippen molar-refractivity contribution >= 4 is 11.0 Å². The van der Waals surface area contributed by atoms with Crippen molar-refractivity contribution in [1.29, 1.82) is 0 Å². The van der Waals surface area contributed by atoms with Crippen LogP contribution in [-0.4, -0.2) is 13.9 Å². The van der Waals surface area contributed by atoms with Gasteiger partial charge in [0.1, 0.15) is 0 Å². The van der Waals surface area contributed by atoms with E-state index in [1.807, 2.05) is 45.9 Å². The van der Waals surface area contributed by atoms with Gasteiger partial charge >= 0.3 is 0 Å². The van der Waals surface area contributed by atoms with Gasteiger partial charge in [0.05, 0.1) is 27.5 Å². The molecule has 0 saturated carbocycles. The van der Waals surface area contributed by atoms with Gasteiger partial charge in [-0.2, -0.15) is 0 Å². The average Bonchev–Trinajstić information content (AvgIpc) is 2.17. The Bertz CT molecular complexity index is 332. The Balaban J connectivity index is 2.65. The molecular formula is C11H18N2OS. The van der Waals surface area contributed by atoms with Crippen LogP contribution in [0.25, 0.3) is 0 Å². The molecule has 0 amide bonds. The Morgan fingerprint density at radius 2 is 2.07 bits per heavy atom. The zero-order chi connectivity index (χ0) is 11.5. The van der Waals surface area contributed by atoms with E-state index in [9.17, 15) is 4.21 Å². The molecule has 0 radical (unpaired) electrons. The molecule has 1 unspecified atom stereocenters. The molecule has 4 heteroatoms. The van der Waals surface area contributed by atoms with Crippen LogP contribution in [0.2, 0.25) is 0 Å². The lowest BCUT2D eigenvalue weighted by Gasteiger charge is -2.21. The number of pyridine rings is 1. The van der Waals surface area contributed by atoms with E-state index < -0.39 is 11.0 Å². The van der Waals surface area contributed by atoms with Crippen molar-refractivity contribution in [3.8, 4) is 0 Å². The summed E-state index contributed by atoms with van der Waals surface area (Å²) in [6.45, 7) is 7.80. The summed E-state index contributed by atoms with van der Waals surface area (Å²) in [5, 5.41) is 0. The maximum Gasteiger partial charge on any atom is 0.0976 e. The molecule has 84 valence electrons. The topological polar surface area (TPSA) is 42.0 Å². The number of rotatable bonds is 3. The molecule has 1 rings (SSSR count). The second kappa shape index (κ2) is 4.86. The van der Waals surface area contributed by atoms with Crippen LogP contribution in [0.15, 0.2) is 24.4 Å². The lowest BCUT2D eigenvalue weighted by Crippen LogP contribution is -2.35. The SMILES string of the molecule is C[C@@H](NS(=O)C(C)(C)C)c1ccccn1. The summed E-state index contributed by atoms with van der Waals surface area (Å²) >= 11 is 0. The van der Waals surface area contributed by atoms with E-state index in [0.717, 1.165) is 5.69 Å². The molecule has 0 aromatic carbocycles. The normalized spacial score (nSPS) is 16.0. The summed E-state index contributed by atoms with van der Waals surface area (Å²) in [7, 11) is -1.06. The monoisotopic (exact) mass is 226 g/mol. The van der Waals surface area contributed by atoms with E-state index in [1.54, 1.807) is 6.20 Å². The Hall–Kier alpha value is -0.740. The van der Waals surface area contributed by atoms with Gasteiger partial charge in [-0.25, -0.2) is 8.93 Å². The molecule has 0 fully saturated rings. The summed E-state index contributed by atoms with van der Waals surface area (Å²) in [5.74, 6) is 0. The highest BCUT2D eigenvalue weighted by molar-refractivity contribution is 7.84. The second-order valence-electron chi connectivity index (χ2n) is 4.48. The first-order chi connectivity index (χ1) is 6.91. The molecule has 0 aliphatic rings. The van der Waals surface area contributed by atoms with Gasteiger partial charge in [0.2, 0.25) is 0 Å². The summed E-state index contributed by atoms with van der Waals surface area (Å²) < 4.78 is 14.6. The third-order valence-electron chi connectivity index (χ3n) is 1.97. The molecule has 0 spiro atoms. The third kappa shape index (κ3) is 3.72. The highest BCUT2D eigenvalue weighted by Crippen LogP contribution is 2.14. The molecule has 15 heavy (non-hydrogen) atoms. The number of nitrogens with one attached hydrogen (secondary N) is 1. The Kier molecular flexibility index (Phi) is 3.99. The van der Waals surface area contributed by atoms with Gasteiger partial charge < -0.3 is 0 Å². The van der Waals surface area contributed by atoms with Crippen LogP contribution in [0.1, 0.15) is 39.4 Å². The fourth-order valence-electron chi connectivity index (χ4n) is 1.03. The molecule has 0 aliphatic carbocycles. The standard InChI is InChI=1S/C11H18N2OS/c1-9(10-7-5-6-8-12-10)13-15(14)11(2,3)4/h5-9,13H,1-4H3/t9-,15?/m1/s1. The summed E-state index contributed by atoms with van der Waals surface area (Å²) in [5.41, 5.74) is 0.912. The maximum atomic E-state index is 11.8. The first-order valence-electron chi connectivity index (χ1n) is 5.00. The Morgan fingerprint density at radius 3 is 2.53 bits per heavy atom. The van der Waals surface area contributed by atoms with Gasteiger partial charge in [-0.1, -0.05) is 6.07 Å². The second-order valence-corrected chi connectivity index (χ2v) is 6.47. The molecule has 1 aromatic heterocycles. The molecule has 1 heterocycles. The van der Waals surface area contributed by atoms with Crippen LogP contribution in [0.5, 0.6) is 0 Å². The van der Waals surface area contributed by atoms with Crippen LogP contribution in [-0.2, 0) is 11.0 Å². The Labute approximate surface area is 93.9 Å². The quantitative estimate of drug-likeness (QED) is 0.858. The zero-order valence-electron chi connectivity index (χ0n) is 9.65. The van der Waals surface area contributed by atoms with Gasteiger partial charge in [0.25, 0.3) is 0 Å². The van der Waals surface area contributed by atoms with Gasteiger partial charge in [0.15, 0.2) is 0 Å². The van der Waals surface area contributed by atoms with E-state index in [1.165, 1.54) is 0 Å². The van der Waals surface area contributed by atoms with E-state index in [0.29, 0.717) is 0 Å². The first kappa shape index (κ1) is 12.3. The fourth-order valence-corrected chi connectivity index (χ4v) is 1.83. The van der Waals surface area contributed by atoms with Crippen LogP contribution in [0.3, 0.4) is 0 Å². The lowest BCUT2D eigenvalue weighted by atomic mass is 10.2. The van der Waals surface area contributed by atoms with Crippen molar-refractivity contribution in [1.82, 2.24) is 9.71 Å². The highest BCUT2D eigenvalue weighted by atomic mass is 32.2. The minimum Gasteiger partial charge on any atom is -0.260 e. The predicted octanol–water partition coefficient (Wildman–Crippen LogP) is 2.19. The van der Waals surface area contributed by atoms with Crippen LogP contribution in [0.4, 0.5) is 0 Å². The molecule has 0 bridgehead atoms. The number of hydrogen-bond acceptors (Lipinski definition) is 2. The van der Waals surface area contributed by atoms with Crippen molar-refractivity contribution in [2.75, 3.05) is 0 Å². The van der Waals surface area contributed by atoms with Gasteiger partial charge in [0, 0.05) is 6.20 Å². The molecule has 0 aliphatic heterocycles. The van der Waals surface area contributed by atoms with E-state index in [4.69, 9.17) is 0 Å². The summed E-state index contributed by atoms with van der Waals surface area (Å²) in [4.78, 5) is 4.22. The smallest absolute Gasteiger partial charge is 0.0976 e. The van der Waals surface area contributed by atoms with Crippen LogP contribution < -0.4 is 4.72 Å². The molecule has 0 saturated heterocycles. The van der Waals surface area contributed by atoms with Crippen molar-refractivity contribution in [3.05, 3.63) is 30.1 Å². The van der Waals surface area contributed by atoms with Crippen molar-refractivity contribution < 1.29 is 4.21 Å². The number of hydrogen-bond donors (Lipinski definition) is 1. The molecule has 1 N–H and O–H groups in total. The maximum absolute atomic E-state index is 11.8. The highest BCUT2D eigenvalue weighted by Gasteiger charge is 2.21. The fraction of sp³-hybridized carbons (Fsp3) is 0.545. The molecule has 1 aromatic rings. The van der Waals surface area contributed by atoms with Crippen molar-refractivity contribution in [2.45, 2.75) is 38.5 Å². The van der Waals surface area contributed by atoms with Crippen LogP contribution >= 0.6 is 0 Å². The van der Waals surface area contributed by atoms with E-state index in [2.05, 4.69) is 9.71 Å². The van der Waals surface area contributed by atoms with Gasteiger partial charge in [-0.3, -0.25) is 4.98 Å². The minimum atomic E-state index is -1.06. The van der Waals surface area contributed by atoms with Crippen molar-refractivity contribution in [3.63, 3.8) is 0 Å². The van der Waals surface area contributed by atoms with E-state index >= 15 is 0 Å². The average molecular weight is 226 g/mol. The van der Waals surface area contributed by atoms with Gasteiger partial charge in [-0.05, 0) is 39.8 Å². The number of aromatic nitrogens is 1. The molecular weight excluding hydrogens is 208 g/mol. The largest absolute Gasteiger partial charge is 0.260 e. The van der Waals surface area contributed by atoms with Crippen LogP contribution in [0, 0.1) is 0 Å². The number of nitrogens with zero attached hydrogens (tertiary/aromatic N) is 1. The van der Waals surface area contributed by atoms with Crippen molar-refractivity contribution in [2.24, 2.45) is 0 Å². The van der Waals surface area contributed by atoms with Gasteiger partial charge in [-0.15, -0.1) is 0 Å². The first-order valence-corrected chi connectivity index (χ1v) is 6.15. The molecule has 3 nitrogen and oxygen atoms in total. The molecule has 2 atom stereocenters.